The van der Waals surface area contributed by atoms with Crippen LogP contribution in [0.2, 0.25) is 0 Å². The minimum absolute atomic E-state index is 0.127. The highest BCUT2D eigenvalue weighted by Gasteiger charge is 2.11. The van der Waals surface area contributed by atoms with Crippen LogP contribution in [0.15, 0.2) is 30.3 Å². The lowest BCUT2D eigenvalue weighted by atomic mass is 10.2. The summed E-state index contributed by atoms with van der Waals surface area (Å²) in [4.78, 5) is 24.1. The van der Waals surface area contributed by atoms with Gasteiger partial charge in [0.1, 0.15) is 6.54 Å². The van der Waals surface area contributed by atoms with E-state index in [1.54, 1.807) is 13.8 Å². The topological polar surface area (TPSA) is 102 Å². The molecule has 21 heavy (non-hydrogen) atoms. The van der Waals surface area contributed by atoms with Crippen molar-refractivity contribution in [3.05, 3.63) is 30.3 Å². The second kappa shape index (κ2) is 6.60. The summed E-state index contributed by atoms with van der Waals surface area (Å²) in [6.45, 7) is 3.33. The molecule has 0 spiro atoms. The van der Waals surface area contributed by atoms with Crippen LogP contribution in [0.1, 0.15) is 13.8 Å². The molecule has 2 rings (SSSR count). The second-order valence-corrected chi connectivity index (χ2v) is 4.70. The molecular weight excluding hydrogens is 272 g/mol. The summed E-state index contributed by atoms with van der Waals surface area (Å²) in [5.74, 6) is -0.463. The number of tetrazole rings is 1. The summed E-state index contributed by atoms with van der Waals surface area (Å²) in [6, 6.07) is 9.32. The number of hydrogen-bond donors (Lipinski definition) is 2. The molecule has 8 heteroatoms. The van der Waals surface area contributed by atoms with Crippen LogP contribution in [0.25, 0.3) is 11.4 Å². The predicted octanol–water partition coefficient (Wildman–Crippen LogP) is 0.143. The van der Waals surface area contributed by atoms with E-state index >= 15 is 0 Å². The Balaban J connectivity index is 1.91. The van der Waals surface area contributed by atoms with Gasteiger partial charge < -0.3 is 0 Å². The van der Waals surface area contributed by atoms with Gasteiger partial charge in [-0.3, -0.25) is 20.4 Å². The van der Waals surface area contributed by atoms with Gasteiger partial charge in [0.2, 0.25) is 11.7 Å². The number of hydrazine groups is 1. The molecule has 0 atom stereocenters. The molecule has 0 bridgehead atoms. The fourth-order valence-electron chi connectivity index (χ4n) is 1.46. The number of carbonyl (C=O) groups excluding carboxylic acids is 2. The van der Waals surface area contributed by atoms with Crippen LogP contribution in [0.4, 0.5) is 0 Å². The molecule has 0 saturated heterocycles. The molecule has 0 aliphatic heterocycles. The van der Waals surface area contributed by atoms with E-state index in [1.807, 2.05) is 30.3 Å². The van der Waals surface area contributed by atoms with E-state index < -0.39 is 5.91 Å². The molecule has 0 fully saturated rings. The quantitative estimate of drug-likeness (QED) is 0.779. The van der Waals surface area contributed by atoms with E-state index in [4.69, 9.17) is 0 Å². The summed E-state index contributed by atoms with van der Waals surface area (Å²) in [7, 11) is 0. The first-order valence-electron chi connectivity index (χ1n) is 6.48. The third-order valence-electron chi connectivity index (χ3n) is 2.62. The molecular formula is C13H16N6O2. The molecule has 0 aliphatic rings. The van der Waals surface area contributed by atoms with Gasteiger partial charge in [0, 0.05) is 11.5 Å². The number of rotatable bonds is 4. The SMILES string of the molecule is CC(C)C(=O)NNC(=O)Cn1nnc(-c2ccccc2)n1. The van der Waals surface area contributed by atoms with Crippen molar-refractivity contribution in [2.24, 2.45) is 5.92 Å². The van der Waals surface area contributed by atoms with Crippen molar-refractivity contribution in [1.29, 1.82) is 0 Å². The monoisotopic (exact) mass is 288 g/mol. The molecule has 0 saturated carbocycles. The fourth-order valence-corrected chi connectivity index (χ4v) is 1.46. The largest absolute Gasteiger partial charge is 0.273 e. The van der Waals surface area contributed by atoms with Crippen LogP contribution in [-0.2, 0) is 16.1 Å². The van der Waals surface area contributed by atoms with Crippen LogP contribution >= 0.6 is 0 Å². The van der Waals surface area contributed by atoms with Crippen LogP contribution in [0.5, 0.6) is 0 Å². The van der Waals surface area contributed by atoms with E-state index in [0.29, 0.717) is 5.82 Å². The highest BCUT2D eigenvalue weighted by Crippen LogP contribution is 2.11. The first kappa shape index (κ1) is 14.6. The Labute approximate surface area is 121 Å². The Morgan fingerprint density at radius 2 is 1.90 bits per heavy atom. The highest BCUT2D eigenvalue weighted by atomic mass is 16.2. The molecule has 8 nitrogen and oxygen atoms in total. The number of nitrogens with one attached hydrogen (secondary N) is 2. The first-order chi connectivity index (χ1) is 10.1. The maximum atomic E-state index is 11.6. The van der Waals surface area contributed by atoms with E-state index in [9.17, 15) is 9.59 Å². The highest BCUT2D eigenvalue weighted by molar-refractivity contribution is 5.82. The lowest BCUT2D eigenvalue weighted by Crippen LogP contribution is -2.45. The second-order valence-electron chi connectivity index (χ2n) is 4.70. The molecule has 2 aromatic rings. The fraction of sp³-hybridized carbons (Fsp3) is 0.308. The van der Waals surface area contributed by atoms with Crippen LogP contribution in [0, 0.1) is 5.92 Å². The molecule has 1 heterocycles. The van der Waals surface area contributed by atoms with Crippen LogP contribution in [-0.4, -0.2) is 32.0 Å². The van der Waals surface area contributed by atoms with Crippen LogP contribution < -0.4 is 10.9 Å². The minimum Gasteiger partial charge on any atom is -0.273 e. The number of aromatic nitrogens is 4. The van der Waals surface area contributed by atoms with Crippen molar-refractivity contribution < 1.29 is 9.59 Å². The summed E-state index contributed by atoms with van der Waals surface area (Å²) < 4.78 is 0. The van der Waals surface area contributed by atoms with Crippen molar-refractivity contribution in [3.63, 3.8) is 0 Å². The molecule has 110 valence electrons. The standard InChI is InChI=1S/C13H16N6O2/c1-9(2)13(21)16-14-11(20)8-19-17-12(15-18-19)10-6-4-3-5-7-10/h3-7,9H,8H2,1-2H3,(H,14,20)(H,16,21). The number of nitrogens with zero attached hydrogens (tertiary/aromatic N) is 4. The smallest absolute Gasteiger partial charge is 0.262 e. The molecule has 0 aliphatic carbocycles. The van der Waals surface area contributed by atoms with Crippen molar-refractivity contribution in [2.75, 3.05) is 0 Å². The van der Waals surface area contributed by atoms with Crippen LogP contribution in [0.3, 0.4) is 0 Å². The lowest BCUT2D eigenvalue weighted by Gasteiger charge is -2.08. The summed E-state index contributed by atoms with van der Waals surface area (Å²) in [5, 5.41) is 11.8. The lowest BCUT2D eigenvalue weighted by molar-refractivity contribution is -0.131. The Hall–Kier alpha value is -2.77. The van der Waals surface area contributed by atoms with E-state index in [1.165, 1.54) is 4.80 Å². The number of hydrogen-bond acceptors (Lipinski definition) is 5. The van der Waals surface area contributed by atoms with Gasteiger partial charge in [-0.15, -0.1) is 10.2 Å². The summed E-state index contributed by atoms with van der Waals surface area (Å²) in [5.41, 5.74) is 5.42. The Morgan fingerprint density at radius 1 is 1.19 bits per heavy atom. The summed E-state index contributed by atoms with van der Waals surface area (Å²) in [6.07, 6.45) is 0. The van der Waals surface area contributed by atoms with Crippen molar-refractivity contribution in [1.82, 2.24) is 31.1 Å². The number of carbonyl (C=O) groups is 2. The number of amides is 2. The molecule has 0 radical (unpaired) electrons. The van der Waals surface area contributed by atoms with Gasteiger partial charge in [0.25, 0.3) is 5.91 Å². The van der Waals surface area contributed by atoms with Crippen molar-refractivity contribution in [3.8, 4) is 11.4 Å². The maximum Gasteiger partial charge on any atom is 0.262 e. The van der Waals surface area contributed by atoms with Gasteiger partial charge in [-0.05, 0) is 5.21 Å². The summed E-state index contributed by atoms with van der Waals surface area (Å²) >= 11 is 0. The zero-order valence-electron chi connectivity index (χ0n) is 11.8. The zero-order chi connectivity index (χ0) is 15.2. The van der Waals surface area contributed by atoms with Gasteiger partial charge in [-0.2, -0.15) is 4.80 Å². The average molecular weight is 288 g/mol. The Kier molecular flexibility index (Phi) is 4.60. The van der Waals surface area contributed by atoms with Gasteiger partial charge in [-0.1, -0.05) is 44.2 Å². The predicted molar refractivity (Wildman–Crippen MR) is 74.4 cm³/mol. The molecule has 0 unspecified atom stereocenters. The maximum absolute atomic E-state index is 11.6. The number of benzene rings is 1. The average Bonchev–Trinajstić information content (AvgIpc) is 2.94. The van der Waals surface area contributed by atoms with Crippen molar-refractivity contribution >= 4 is 11.8 Å². The minimum atomic E-state index is -0.430. The van der Waals surface area contributed by atoms with Gasteiger partial charge in [0.15, 0.2) is 0 Å². The third-order valence-corrected chi connectivity index (χ3v) is 2.62. The first-order valence-corrected chi connectivity index (χ1v) is 6.48. The molecule has 2 N–H and O–H groups in total. The van der Waals surface area contributed by atoms with Crippen molar-refractivity contribution in [2.45, 2.75) is 20.4 Å². The normalized spacial score (nSPS) is 10.4. The molecule has 1 aromatic heterocycles. The van der Waals surface area contributed by atoms with Gasteiger partial charge >= 0.3 is 0 Å². The molecule has 2 amide bonds. The zero-order valence-corrected chi connectivity index (χ0v) is 11.8. The van der Waals surface area contributed by atoms with E-state index in [0.717, 1.165) is 5.56 Å². The van der Waals surface area contributed by atoms with Gasteiger partial charge in [-0.25, -0.2) is 0 Å². The van der Waals surface area contributed by atoms with E-state index in [-0.39, 0.29) is 18.4 Å². The Morgan fingerprint density at radius 3 is 2.57 bits per heavy atom. The molecule has 1 aromatic carbocycles. The van der Waals surface area contributed by atoms with Gasteiger partial charge in [0.05, 0.1) is 0 Å². The third kappa shape index (κ3) is 4.10. The Bertz CT molecular complexity index is 623. The van der Waals surface area contributed by atoms with E-state index in [2.05, 4.69) is 26.3 Å².